The van der Waals surface area contributed by atoms with Crippen molar-refractivity contribution in [1.29, 1.82) is 0 Å². The summed E-state index contributed by atoms with van der Waals surface area (Å²) in [6, 6.07) is 6.78. The molecule has 7 heteroatoms. The third-order valence-electron chi connectivity index (χ3n) is 2.89. The summed E-state index contributed by atoms with van der Waals surface area (Å²) in [6.45, 7) is 0. The Balaban J connectivity index is 2.89. The van der Waals surface area contributed by atoms with Gasteiger partial charge in [0.15, 0.2) is 0 Å². The Hall–Kier alpha value is -0.420. The monoisotopic (exact) mass is 416 g/mol. The Morgan fingerprint density at radius 1 is 0.905 bits per heavy atom. The second-order valence-electron chi connectivity index (χ2n) is 4.19. The van der Waals surface area contributed by atoms with Gasteiger partial charge in [-0.05, 0) is 23.8 Å². The first-order chi connectivity index (χ1) is 9.77. The van der Waals surface area contributed by atoms with Crippen LogP contribution in [0.15, 0.2) is 30.3 Å². The van der Waals surface area contributed by atoms with E-state index in [2.05, 4.69) is 15.9 Å². The smallest absolute Gasteiger partial charge is 0.166 e. The first kappa shape index (κ1) is 16.9. The summed E-state index contributed by atoms with van der Waals surface area (Å²) >= 11 is 21.2. The molecule has 0 bridgehead atoms. The molecular weight excluding hydrogens is 411 g/mol. The minimum atomic E-state index is -4.53. The minimum Gasteiger partial charge on any atom is -0.166 e. The molecule has 0 aliphatic rings. The number of halogens is 7. The van der Waals surface area contributed by atoms with E-state index in [1.54, 1.807) is 6.07 Å². The molecule has 2 rings (SSSR count). The second kappa shape index (κ2) is 6.37. The topological polar surface area (TPSA) is 0 Å². The Kier molecular flexibility index (Phi) is 5.14. The molecule has 0 amide bonds. The predicted molar refractivity (Wildman–Crippen MR) is 84.5 cm³/mol. The van der Waals surface area contributed by atoms with Crippen LogP contribution in [0.2, 0.25) is 15.1 Å². The molecule has 0 saturated carbocycles. The van der Waals surface area contributed by atoms with Gasteiger partial charge in [-0.15, -0.1) is 0 Å². The van der Waals surface area contributed by atoms with E-state index in [1.165, 1.54) is 18.2 Å². The van der Waals surface area contributed by atoms with Crippen LogP contribution in [0.1, 0.15) is 11.1 Å². The third-order valence-corrected chi connectivity index (χ3v) is 4.62. The van der Waals surface area contributed by atoms with E-state index in [4.69, 9.17) is 34.8 Å². The maximum Gasteiger partial charge on any atom is 0.417 e. The van der Waals surface area contributed by atoms with Gasteiger partial charge in [-0.25, -0.2) is 0 Å². The van der Waals surface area contributed by atoms with Crippen LogP contribution < -0.4 is 0 Å². The van der Waals surface area contributed by atoms with Gasteiger partial charge < -0.3 is 0 Å². The van der Waals surface area contributed by atoms with Crippen LogP contribution in [0.25, 0.3) is 11.1 Å². The molecule has 0 radical (unpaired) electrons. The molecular formula is C14H7BrCl3F3. The summed E-state index contributed by atoms with van der Waals surface area (Å²) in [5.41, 5.74) is -0.339. The van der Waals surface area contributed by atoms with Gasteiger partial charge in [0.1, 0.15) is 0 Å². The van der Waals surface area contributed by atoms with E-state index < -0.39 is 11.7 Å². The van der Waals surface area contributed by atoms with Crippen LogP contribution in [0.5, 0.6) is 0 Å². The number of alkyl halides is 4. The van der Waals surface area contributed by atoms with Crippen molar-refractivity contribution in [2.45, 2.75) is 11.5 Å². The van der Waals surface area contributed by atoms with E-state index >= 15 is 0 Å². The van der Waals surface area contributed by atoms with Crippen LogP contribution in [-0.2, 0) is 11.5 Å². The van der Waals surface area contributed by atoms with Crippen LogP contribution in [-0.4, -0.2) is 0 Å². The van der Waals surface area contributed by atoms with Crippen LogP contribution in [0, 0.1) is 0 Å². The molecule has 0 atom stereocenters. The highest BCUT2D eigenvalue weighted by atomic mass is 79.9. The van der Waals surface area contributed by atoms with Crippen molar-refractivity contribution < 1.29 is 13.2 Å². The standard InChI is InChI=1S/C14H7BrCl3F3/c15-6-7-2-1-3-8(14(19,20)21)11(7)12-9(16)4-5-10(17)13(12)18/h1-5H,6H2. The summed E-state index contributed by atoms with van der Waals surface area (Å²) in [7, 11) is 0. The Morgan fingerprint density at radius 2 is 1.52 bits per heavy atom. The van der Waals surface area contributed by atoms with E-state index in [0.717, 1.165) is 6.07 Å². The number of rotatable bonds is 2. The van der Waals surface area contributed by atoms with Crippen molar-refractivity contribution in [3.8, 4) is 11.1 Å². The van der Waals surface area contributed by atoms with Crippen molar-refractivity contribution in [1.82, 2.24) is 0 Å². The van der Waals surface area contributed by atoms with E-state index in [1.807, 2.05) is 0 Å². The van der Waals surface area contributed by atoms with Crippen molar-refractivity contribution in [3.05, 3.63) is 56.5 Å². The molecule has 2 aromatic rings. The van der Waals surface area contributed by atoms with Crippen molar-refractivity contribution in [3.63, 3.8) is 0 Å². The molecule has 0 aliphatic heterocycles. The molecule has 0 aliphatic carbocycles. The molecule has 2 aromatic carbocycles. The van der Waals surface area contributed by atoms with Crippen LogP contribution >= 0.6 is 50.7 Å². The first-order valence-electron chi connectivity index (χ1n) is 5.66. The van der Waals surface area contributed by atoms with Gasteiger partial charge in [-0.1, -0.05) is 62.9 Å². The Morgan fingerprint density at radius 3 is 2.10 bits per heavy atom. The number of hydrogen-bond donors (Lipinski definition) is 0. The SMILES string of the molecule is FC(F)(F)c1cccc(CBr)c1-c1c(Cl)ccc(Cl)c1Cl. The molecule has 0 nitrogen and oxygen atoms in total. The van der Waals surface area contributed by atoms with E-state index in [0.29, 0.717) is 5.56 Å². The van der Waals surface area contributed by atoms with Gasteiger partial charge in [-0.2, -0.15) is 13.2 Å². The molecule has 112 valence electrons. The van der Waals surface area contributed by atoms with E-state index in [9.17, 15) is 13.2 Å². The van der Waals surface area contributed by atoms with Gasteiger partial charge in [0, 0.05) is 16.5 Å². The Bertz CT molecular complexity index is 684. The lowest BCUT2D eigenvalue weighted by Crippen LogP contribution is -2.09. The zero-order chi connectivity index (χ0) is 15.8. The maximum atomic E-state index is 13.3. The van der Waals surface area contributed by atoms with Crippen molar-refractivity contribution in [2.24, 2.45) is 0 Å². The summed E-state index contributed by atoms with van der Waals surface area (Å²) in [5.74, 6) is 0. The average molecular weight is 418 g/mol. The van der Waals surface area contributed by atoms with Crippen molar-refractivity contribution >= 4 is 50.7 Å². The van der Waals surface area contributed by atoms with Gasteiger partial charge in [0.25, 0.3) is 0 Å². The molecule has 0 aromatic heterocycles. The zero-order valence-electron chi connectivity index (χ0n) is 10.2. The van der Waals surface area contributed by atoms with E-state index in [-0.39, 0.29) is 31.5 Å². The van der Waals surface area contributed by atoms with Gasteiger partial charge in [-0.3, -0.25) is 0 Å². The molecule has 0 spiro atoms. The molecule has 21 heavy (non-hydrogen) atoms. The molecule has 0 saturated heterocycles. The zero-order valence-corrected chi connectivity index (χ0v) is 14.1. The summed E-state index contributed by atoms with van der Waals surface area (Å²) in [6.07, 6.45) is -4.53. The summed E-state index contributed by atoms with van der Waals surface area (Å²) in [5, 5.41) is 0.491. The average Bonchev–Trinajstić information content (AvgIpc) is 2.42. The molecule has 0 unspecified atom stereocenters. The highest BCUT2D eigenvalue weighted by Gasteiger charge is 2.35. The third kappa shape index (κ3) is 3.34. The lowest BCUT2D eigenvalue weighted by atomic mass is 9.94. The second-order valence-corrected chi connectivity index (χ2v) is 5.94. The molecule has 0 N–H and O–H groups in total. The minimum absolute atomic E-state index is 0.00284. The lowest BCUT2D eigenvalue weighted by Gasteiger charge is -2.18. The highest BCUT2D eigenvalue weighted by Crippen LogP contribution is 2.46. The fourth-order valence-corrected chi connectivity index (χ4v) is 3.18. The van der Waals surface area contributed by atoms with Gasteiger partial charge in [0.05, 0.1) is 20.6 Å². The normalized spacial score (nSPS) is 11.8. The number of benzene rings is 2. The Labute approximate surface area is 142 Å². The highest BCUT2D eigenvalue weighted by molar-refractivity contribution is 9.08. The number of hydrogen-bond acceptors (Lipinski definition) is 0. The lowest BCUT2D eigenvalue weighted by molar-refractivity contribution is -0.137. The quantitative estimate of drug-likeness (QED) is 0.357. The van der Waals surface area contributed by atoms with Crippen LogP contribution in [0.3, 0.4) is 0 Å². The van der Waals surface area contributed by atoms with Crippen LogP contribution in [0.4, 0.5) is 13.2 Å². The molecule has 0 fully saturated rings. The largest absolute Gasteiger partial charge is 0.417 e. The van der Waals surface area contributed by atoms with Gasteiger partial charge >= 0.3 is 6.18 Å². The first-order valence-corrected chi connectivity index (χ1v) is 7.91. The van der Waals surface area contributed by atoms with Gasteiger partial charge in [0.2, 0.25) is 0 Å². The molecule has 0 heterocycles. The fraction of sp³-hybridized carbons (Fsp3) is 0.143. The summed E-state index contributed by atoms with van der Waals surface area (Å²) < 4.78 is 39.8. The predicted octanol–water partition coefficient (Wildman–Crippen LogP) is 7.23. The fourth-order valence-electron chi connectivity index (χ4n) is 2.00. The van der Waals surface area contributed by atoms with Crippen molar-refractivity contribution in [2.75, 3.05) is 0 Å². The summed E-state index contributed by atoms with van der Waals surface area (Å²) in [4.78, 5) is 0. The maximum absolute atomic E-state index is 13.3.